The van der Waals surface area contributed by atoms with Crippen molar-refractivity contribution in [1.82, 2.24) is 4.48 Å². The van der Waals surface area contributed by atoms with Gasteiger partial charge in [0, 0.05) is 61.1 Å². The molecule has 0 spiro atoms. The fraction of sp³-hybridized carbons (Fsp3) is 0.353. The van der Waals surface area contributed by atoms with Crippen molar-refractivity contribution in [2.45, 2.75) is 159 Å². The fourth-order valence-electron chi connectivity index (χ4n) is 12.1. The minimum atomic E-state index is -0.267. The van der Waals surface area contributed by atoms with Gasteiger partial charge in [0.15, 0.2) is 0 Å². The van der Waals surface area contributed by atoms with Crippen LogP contribution in [0.4, 0.5) is 34.1 Å². The summed E-state index contributed by atoms with van der Waals surface area (Å²) in [6, 6.07) is 45.4. The highest BCUT2D eigenvalue weighted by Crippen LogP contribution is 2.54. The van der Waals surface area contributed by atoms with Crippen LogP contribution in [0, 0.1) is 27.7 Å². The van der Waals surface area contributed by atoms with Crippen LogP contribution in [-0.2, 0) is 27.1 Å². The molecule has 5 heteroatoms. The number of hydrogen-bond donors (Lipinski definition) is 0. The second kappa shape index (κ2) is 16.0. The van der Waals surface area contributed by atoms with Crippen molar-refractivity contribution in [1.29, 1.82) is 0 Å². The second-order valence-corrected chi connectivity index (χ2v) is 27.1. The van der Waals surface area contributed by atoms with E-state index in [1.165, 1.54) is 117 Å². The van der Waals surface area contributed by atoms with E-state index in [1.807, 2.05) is 0 Å². The molecule has 4 nitrogen and oxygen atoms in total. The van der Waals surface area contributed by atoms with E-state index in [0.29, 0.717) is 0 Å². The summed E-state index contributed by atoms with van der Waals surface area (Å²) < 4.78 is 10.5. The summed E-state index contributed by atoms with van der Waals surface area (Å²) in [6.07, 6.45) is 0. The molecule has 0 unspecified atom stereocenters. The van der Waals surface area contributed by atoms with E-state index in [2.05, 4.69) is 261 Å². The van der Waals surface area contributed by atoms with Gasteiger partial charge >= 0.3 is 6.85 Å². The molecule has 0 atom stereocenters. The average molecular weight is 962 g/mol. The Morgan fingerprint density at radius 1 is 0.466 bits per heavy atom. The minimum absolute atomic E-state index is 0.00963. The number of anilines is 6. The number of hydrogen-bond acceptors (Lipinski definition) is 3. The molecule has 0 fully saturated rings. The first-order valence-corrected chi connectivity index (χ1v) is 26.8. The lowest BCUT2D eigenvalue weighted by Gasteiger charge is -2.40. The van der Waals surface area contributed by atoms with Crippen LogP contribution < -0.4 is 20.9 Å². The average Bonchev–Trinajstić information content (AvgIpc) is 3.84. The van der Waals surface area contributed by atoms with Gasteiger partial charge in [0.05, 0.1) is 11.4 Å². The zero-order valence-corrected chi connectivity index (χ0v) is 47.3. The number of aromatic nitrogens is 1. The van der Waals surface area contributed by atoms with Gasteiger partial charge in [-0.3, -0.25) is 0 Å². The molecule has 372 valence electrons. The molecule has 2 aliphatic heterocycles. The highest BCUT2D eigenvalue weighted by atomic mass is 16.3. The van der Waals surface area contributed by atoms with E-state index in [0.717, 1.165) is 22.6 Å². The van der Waals surface area contributed by atoms with Crippen LogP contribution in [0.5, 0.6) is 0 Å². The van der Waals surface area contributed by atoms with Gasteiger partial charge in [-0.15, -0.1) is 0 Å². The summed E-state index contributed by atoms with van der Waals surface area (Å²) in [5.41, 5.74) is 26.2. The Labute approximate surface area is 436 Å². The molecule has 0 aliphatic carbocycles. The molecule has 7 aromatic carbocycles. The molecular formula is C68H76BN3O. The van der Waals surface area contributed by atoms with Crippen LogP contribution in [0.25, 0.3) is 43.9 Å². The zero-order valence-electron chi connectivity index (χ0n) is 47.3. The molecule has 73 heavy (non-hydrogen) atoms. The molecule has 0 saturated carbocycles. The molecule has 0 bridgehead atoms. The van der Waals surface area contributed by atoms with Crippen molar-refractivity contribution in [2.24, 2.45) is 0 Å². The summed E-state index contributed by atoms with van der Waals surface area (Å²) in [5, 5.41) is 3.68. The van der Waals surface area contributed by atoms with Crippen LogP contribution in [0.3, 0.4) is 0 Å². The Morgan fingerprint density at radius 3 is 1.55 bits per heavy atom. The number of furan rings is 1. The Bertz CT molecular complexity index is 3700. The second-order valence-electron chi connectivity index (χ2n) is 27.1. The Kier molecular flexibility index (Phi) is 10.7. The Balaban J connectivity index is 1.36. The molecule has 0 amide bonds. The summed E-state index contributed by atoms with van der Waals surface area (Å²) in [6.45, 7) is 43.8. The van der Waals surface area contributed by atoms with Gasteiger partial charge in [-0.1, -0.05) is 176 Å². The van der Waals surface area contributed by atoms with Gasteiger partial charge in [-0.2, -0.15) is 0 Å². The molecule has 0 radical (unpaired) electrons. The van der Waals surface area contributed by atoms with Crippen LogP contribution in [0.2, 0.25) is 0 Å². The number of benzene rings is 7. The van der Waals surface area contributed by atoms with Gasteiger partial charge in [-0.05, 0) is 154 Å². The Morgan fingerprint density at radius 2 is 1.00 bits per heavy atom. The predicted molar refractivity (Wildman–Crippen MR) is 317 cm³/mol. The fourth-order valence-corrected chi connectivity index (χ4v) is 12.1. The van der Waals surface area contributed by atoms with Crippen molar-refractivity contribution in [2.75, 3.05) is 9.80 Å². The van der Waals surface area contributed by atoms with E-state index in [1.54, 1.807) is 0 Å². The predicted octanol–water partition coefficient (Wildman–Crippen LogP) is 18.1. The molecule has 2 aromatic heterocycles. The first-order chi connectivity index (χ1) is 34.0. The molecule has 9 aromatic rings. The van der Waals surface area contributed by atoms with E-state index in [-0.39, 0.29) is 33.9 Å². The summed E-state index contributed by atoms with van der Waals surface area (Å²) in [4.78, 5) is 5.14. The third-order valence-electron chi connectivity index (χ3n) is 16.2. The zero-order chi connectivity index (χ0) is 52.4. The smallest absolute Gasteiger partial charge is 0.375 e. The van der Waals surface area contributed by atoms with Gasteiger partial charge < -0.3 is 18.7 Å². The van der Waals surface area contributed by atoms with E-state index < -0.39 is 0 Å². The lowest BCUT2D eigenvalue weighted by atomic mass is 9.47. The normalized spacial score (nSPS) is 13.9. The molecule has 0 saturated heterocycles. The third-order valence-corrected chi connectivity index (χ3v) is 16.2. The van der Waals surface area contributed by atoms with Gasteiger partial charge in [-0.25, -0.2) is 0 Å². The number of aryl methyl sites for hydroxylation is 4. The van der Waals surface area contributed by atoms with Crippen molar-refractivity contribution in [3.05, 3.63) is 165 Å². The summed E-state index contributed by atoms with van der Waals surface area (Å²) in [7, 11) is 0. The molecule has 11 rings (SSSR count). The van der Waals surface area contributed by atoms with Crippen LogP contribution in [-0.4, -0.2) is 11.3 Å². The standard InChI is InChI=1S/C68H76BN3O/c1-39-20-28-53(41(3)32-39)71(54-29-21-40(2)33-42(54)4)56-31-27-48-49-35-46(67(14,15)16)38-57-59(49)69(72-55-30-24-44(65(8,9)10)34-50(55)58(56)60(48)72)63-61(70(57)47-25-22-43(23-26-47)64(5,6)7)51-36-45(66(11,12)13)37-52(62(51)73-63)68(17,18)19/h20-38H,1-19H3. The van der Waals surface area contributed by atoms with Crippen molar-refractivity contribution in [3.8, 4) is 11.1 Å². The number of fused-ring (bicyclic) bond motifs is 9. The Hall–Kier alpha value is -6.46. The third kappa shape index (κ3) is 7.69. The van der Waals surface area contributed by atoms with Crippen molar-refractivity contribution < 1.29 is 4.42 Å². The van der Waals surface area contributed by atoms with Crippen LogP contribution in [0.1, 0.15) is 154 Å². The quantitative estimate of drug-likeness (QED) is 0.164. The maximum absolute atomic E-state index is 7.83. The molecule has 4 heterocycles. The van der Waals surface area contributed by atoms with E-state index in [4.69, 9.17) is 4.42 Å². The lowest BCUT2D eigenvalue weighted by Crippen LogP contribution is -2.56. The first-order valence-electron chi connectivity index (χ1n) is 26.8. The maximum Gasteiger partial charge on any atom is 0.375 e. The van der Waals surface area contributed by atoms with E-state index in [9.17, 15) is 0 Å². The van der Waals surface area contributed by atoms with Crippen LogP contribution >= 0.6 is 0 Å². The first kappa shape index (κ1) is 48.8. The highest BCUT2D eigenvalue weighted by Gasteiger charge is 2.48. The molecule has 2 aliphatic rings. The summed E-state index contributed by atoms with van der Waals surface area (Å²) >= 11 is 0. The molecule has 0 N–H and O–H groups in total. The minimum Gasteiger partial charge on any atom is -0.466 e. The van der Waals surface area contributed by atoms with Gasteiger partial charge in [0.2, 0.25) is 0 Å². The van der Waals surface area contributed by atoms with Crippen LogP contribution in [0.15, 0.2) is 120 Å². The lowest BCUT2D eigenvalue weighted by molar-refractivity contribution is 0.557. The maximum atomic E-state index is 7.83. The SMILES string of the molecule is Cc1ccc(N(c2ccc(C)cc2C)c2ccc3c4c2c2cc(C(C)(C)C)ccc2n4B2c4oc5c(C(C)(C)C)cc(C(C)(C)C)cc5c4N(c4ccc(C(C)(C)C)cc4)c4cc(C(C)(C)C)cc-3c42)c(C)c1. The largest absolute Gasteiger partial charge is 0.466 e. The van der Waals surface area contributed by atoms with E-state index >= 15 is 0 Å². The highest BCUT2D eigenvalue weighted by molar-refractivity contribution is 6.89. The summed E-state index contributed by atoms with van der Waals surface area (Å²) in [5.74, 6) is 0. The molecular weight excluding hydrogens is 886 g/mol. The van der Waals surface area contributed by atoms with Gasteiger partial charge in [0.1, 0.15) is 11.2 Å². The monoisotopic (exact) mass is 962 g/mol. The van der Waals surface area contributed by atoms with Gasteiger partial charge in [0.25, 0.3) is 0 Å². The number of rotatable bonds is 4. The topological polar surface area (TPSA) is 24.6 Å². The van der Waals surface area contributed by atoms with Crippen molar-refractivity contribution >= 4 is 84.9 Å². The van der Waals surface area contributed by atoms with Crippen molar-refractivity contribution in [3.63, 3.8) is 0 Å². The number of nitrogens with zero attached hydrogens (tertiary/aromatic N) is 3.